The molecule has 26 heavy (non-hydrogen) atoms. The van der Waals surface area contributed by atoms with Crippen molar-refractivity contribution in [2.45, 2.75) is 45.8 Å². The Morgan fingerprint density at radius 2 is 1.88 bits per heavy atom. The molecule has 2 atom stereocenters. The Morgan fingerprint density at radius 1 is 1.27 bits per heavy atom. The third-order valence-corrected chi connectivity index (χ3v) is 5.32. The van der Waals surface area contributed by atoms with Gasteiger partial charge in [-0.25, -0.2) is 4.98 Å². The molecule has 0 radical (unpaired) electrons. The van der Waals surface area contributed by atoms with Gasteiger partial charge in [0.15, 0.2) is 0 Å². The van der Waals surface area contributed by atoms with Crippen molar-refractivity contribution >= 4 is 17.6 Å². The number of alkyl halides is 3. The fourth-order valence-electron chi connectivity index (χ4n) is 2.76. The molecule has 0 saturated heterocycles. The van der Waals surface area contributed by atoms with Gasteiger partial charge in [0.05, 0.1) is 16.0 Å². The fraction of sp³-hybridized carbons (Fsp3) is 0.444. The van der Waals surface area contributed by atoms with Gasteiger partial charge in [0, 0.05) is 24.4 Å². The van der Waals surface area contributed by atoms with E-state index >= 15 is 0 Å². The average molecular weight is 389 g/mol. The predicted molar refractivity (Wildman–Crippen MR) is 92.3 cm³/mol. The molecule has 0 spiro atoms. The summed E-state index contributed by atoms with van der Waals surface area (Å²) in [6, 6.07) is 3.29. The number of carbonyl (C=O) groups is 1. The number of imidazole rings is 1. The summed E-state index contributed by atoms with van der Waals surface area (Å²) in [5, 5.41) is 9.08. The smallest absolute Gasteiger partial charge is 0.417 e. The third kappa shape index (κ3) is 3.58. The molecule has 0 amide bonds. The molecule has 1 aromatic carbocycles. The van der Waals surface area contributed by atoms with E-state index in [9.17, 15) is 23.1 Å². The Morgan fingerprint density at radius 3 is 2.42 bits per heavy atom. The highest BCUT2D eigenvalue weighted by Gasteiger charge is 2.38. The number of halogens is 4. The molecule has 0 aliphatic rings. The maximum absolute atomic E-state index is 13.1. The van der Waals surface area contributed by atoms with Crippen LogP contribution in [0, 0.1) is 5.41 Å². The predicted octanol–water partition coefficient (Wildman–Crippen LogP) is 5.38. The van der Waals surface area contributed by atoms with Crippen molar-refractivity contribution in [3.05, 3.63) is 52.6 Å². The molecular weight excluding hydrogens is 369 g/mol. The molecule has 0 fully saturated rings. The zero-order valence-corrected chi connectivity index (χ0v) is 15.6. The number of carboxylic acid groups (broad SMARTS) is 1. The summed E-state index contributed by atoms with van der Waals surface area (Å²) in [6.45, 7) is 6.61. The Labute approximate surface area is 154 Å². The minimum atomic E-state index is -4.55. The topological polar surface area (TPSA) is 55.1 Å². The highest BCUT2D eigenvalue weighted by molar-refractivity contribution is 6.32. The quantitative estimate of drug-likeness (QED) is 0.748. The van der Waals surface area contributed by atoms with Crippen LogP contribution in [-0.2, 0) is 11.0 Å². The van der Waals surface area contributed by atoms with Crippen molar-refractivity contribution in [2.75, 3.05) is 0 Å². The first-order valence-corrected chi connectivity index (χ1v) is 8.38. The Kier molecular flexibility index (Phi) is 5.42. The molecule has 142 valence electrons. The maximum atomic E-state index is 13.1. The van der Waals surface area contributed by atoms with E-state index in [1.54, 1.807) is 38.5 Å². The molecule has 0 aliphatic carbocycles. The van der Waals surface area contributed by atoms with Gasteiger partial charge in [0.1, 0.15) is 5.82 Å². The van der Waals surface area contributed by atoms with E-state index in [1.807, 2.05) is 0 Å². The van der Waals surface area contributed by atoms with Gasteiger partial charge in [0.25, 0.3) is 0 Å². The van der Waals surface area contributed by atoms with Crippen molar-refractivity contribution in [3.63, 3.8) is 0 Å². The molecule has 8 heteroatoms. The van der Waals surface area contributed by atoms with Gasteiger partial charge >= 0.3 is 12.1 Å². The van der Waals surface area contributed by atoms with E-state index in [1.165, 1.54) is 18.3 Å². The van der Waals surface area contributed by atoms with Crippen LogP contribution in [-0.4, -0.2) is 20.6 Å². The number of aliphatic carboxylic acids is 1. The summed E-state index contributed by atoms with van der Waals surface area (Å²) in [5.74, 6) is -1.07. The van der Waals surface area contributed by atoms with Gasteiger partial charge in [-0.15, -0.1) is 0 Å². The van der Waals surface area contributed by atoms with Gasteiger partial charge in [-0.2, -0.15) is 13.2 Å². The van der Waals surface area contributed by atoms with E-state index in [0.29, 0.717) is 5.82 Å². The second-order valence-corrected chi connectivity index (χ2v) is 7.20. The standard InChI is InChI=1S/C18H20ClF3N2O2/c1-10(12-6-5-7-13(14(12)19)18(20,21)22)15-23-8-9-24(15)11(2)17(3,4)16(25)26/h5-11H,1-4H3,(H,25,26). The Bertz CT molecular complexity index is 815. The Hall–Kier alpha value is -2.02. The van der Waals surface area contributed by atoms with Crippen LogP contribution < -0.4 is 0 Å². The largest absolute Gasteiger partial charge is 0.481 e. The van der Waals surface area contributed by atoms with E-state index in [4.69, 9.17) is 11.6 Å². The van der Waals surface area contributed by atoms with Crippen LogP contribution in [0.2, 0.25) is 5.02 Å². The van der Waals surface area contributed by atoms with Gasteiger partial charge in [-0.05, 0) is 32.4 Å². The van der Waals surface area contributed by atoms with Gasteiger partial charge in [0.2, 0.25) is 0 Å². The normalized spacial score (nSPS) is 14.9. The van der Waals surface area contributed by atoms with E-state index in [-0.39, 0.29) is 10.6 Å². The molecule has 1 aromatic heterocycles. The first-order valence-electron chi connectivity index (χ1n) is 8.00. The van der Waals surface area contributed by atoms with Crippen molar-refractivity contribution in [1.29, 1.82) is 0 Å². The maximum Gasteiger partial charge on any atom is 0.417 e. The third-order valence-electron chi connectivity index (χ3n) is 4.90. The number of benzene rings is 1. The molecule has 2 aromatic rings. The van der Waals surface area contributed by atoms with E-state index in [2.05, 4.69) is 4.98 Å². The second kappa shape index (κ2) is 6.95. The summed E-state index contributed by atoms with van der Waals surface area (Å²) in [6.07, 6.45) is -1.43. The van der Waals surface area contributed by atoms with Crippen LogP contribution in [0.25, 0.3) is 0 Å². The van der Waals surface area contributed by atoms with Gasteiger partial charge in [-0.3, -0.25) is 4.79 Å². The van der Waals surface area contributed by atoms with Gasteiger partial charge in [-0.1, -0.05) is 30.7 Å². The summed E-state index contributed by atoms with van der Waals surface area (Å²) in [4.78, 5) is 15.8. The second-order valence-electron chi connectivity index (χ2n) is 6.82. The molecule has 2 rings (SSSR count). The van der Waals surface area contributed by atoms with Crippen molar-refractivity contribution in [1.82, 2.24) is 9.55 Å². The SMILES string of the molecule is CC(c1cccc(C(F)(F)F)c1Cl)c1nccn1C(C)C(C)(C)C(=O)O. The lowest BCUT2D eigenvalue weighted by Gasteiger charge is -2.30. The monoisotopic (exact) mass is 388 g/mol. The number of aromatic nitrogens is 2. The molecular formula is C18H20ClF3N2O2. The van der Waals surface area contributed by atoms with Crippen LogP contribution >= 0.6 is 11.6 Å². The molecule has 2 unspecified atom stereocenters. The summed E-state index contributed by atoms with van der Waals surface area (Å²) >= 11 is 6.03. The summed E-state index contributed by atoms with van der Waals surface area (Å²) in [7, 11) is 0. The average Bonchev–Trinajstić information content (AvgIpc) is 3.01. The summed E-state index contributed by atoms with van der Waals surface area (Å²) < 4.78 is 41.0. The highest BCUT2D eigenvalue weighted by Crippen LogP contribution is 2.41. The van der Waals surface area contributed by atoms with Crippen LogP contribution in [0.3, 0.4) is 0 Å². The highest BCUT2D eigenvalue weighted by atomic mass is 35.5. The van der Waals surface area contributed by atoms with Crippen molar-refractivity contribution in [2.24, 2.45) is 5.41 Å². The van der Waals surface area contributed by atoms with Crippen molar-refractivity contribution in [3.8, 4) is 0 Å². The molecule has 0 saturated carbocycles. The number of nitrogens with zero attached hydrogens (tertiary/aromatic N) is 2. The van der Waals surface area contributed by atoms with Crippen LogP contribution in [0.4, 0.5) is 13.2 Å². The van der Waals surface area contributed by atoms with Crippen LogP contribution in [0.15, 0.2) is 30.6 Å². The number of rotatable bonds is 5. The minimum absolute atomic E-state index is 0.286. The lowest BCUT2D eigenvalue weighted by molar-refractivity contribution is -0.149. The number of hydrogen-bond donors (Lipinski definition) is 1. The van der Waals surface area contributed by atoms with E-state index < -0.39 is 35.1 Å². The molecule has 0 bridgehead atoms. The van der Waals surface area contributed by atoms with Crippen molar-refractivity contribution < 1.29 is 23.1 Å². The molecule has 1 heterocycles. The number of carboxylic acids is 1. The zero-order valence-electron chi connectivity index (χ0n) is 14.8. The van der Waals surface area contributed by atoms with Crippen LogP contribution in [0.1, 0.15) is 56.6 Å². The zero-order chi connectivity index (χ0) is 19.9. The molecule has 0 aliphatic heterocycles. The molecule has 1 N–H and O–H groups in total. The fourth-order valence-corrected chi connectivity index (χ4v) is 3.15. The minimum Gasteiger partial charge on any atom is -0.481 e. The number of hydrogen-bond acceptors (Lipinski definition) is 2. The first kappa shape index (κ1) is 20.3. The Balaban J connectivity index is 2.50. The summed E-state index contributed by atoms with van der Waals surface area (Å²) in [5.41, 5.74) is -1.71. The first-order chi connectivity index (χ1) is 11.9. The van der Waals surface area contributed by atoms with Gasteiger partial charge < -0.3 is 9.67 Å². The molecule has 4 nitrogen and oxygen atoms in total. The van der Waals surface area contributed by atoms with Crippen LogP contribution in [0.5, 0.6) is 0 Å². The lowest BCUT2D eigenvalue weighted by atomic mass is 9.85. The van der Waals surface area contributed by atoms with E-state index in [0.717, 1.165) is 6.07 Å². The lowest BCUT2D eigenvalue weighted by Crippen LogP contribution is -2.33.